The van der Waals surface area contributed by atoms with Gasteiger partial charge in [0.05, 0.1) is 6.61 Å². The molecule has 1 heterocycles. The summed E-state index contributed by atoms with van der Waals surface area (Å²) in [5.74, 6) is -0.156. The van der Waals surface area contributed by atoms with Crippen molar-refractivity contribution < 1.29 is 9.53 Å². The Kier molecular flexibility index (Phi) is 5.22. The summed E-state index contributed by atoms with van der Waals surface area (Å²) in [6.45, 7) is 2.94. The van der Waals surface area contributed by atoms with E-state index < -0.39 is 0 Å². The molecule has 0 spiro atoms. The lowest BCUT2D eigenvalue weighted by Gasteiger charge is -2.06. The van der Waals surface area contributed by atoms with Crippen molar-refractivity contribution in [2.45, 2.75) is 13.3 Å². The average molecular weight is 243 g/mol. The smallest absolute Gasteiger partial charge is 0.251 e. The third kappa shape index (κ3) is 3.79. The van der Waals surface area contributed by atoms with E-state index in [2.05, 4.69) is 10.3 Å². The van der Waals surface area contributed by atoms with Crippen LogP contribution in [0.1, 0.15) is 23.0 Å². The van der Waals surface area contributed by atoms with Crippen molar-refractivity contribution in [2.75, 3.05) is 20.3 Å². The fourth-order valence-corrected chi connectivity index (χ4v) is 1.46. The summed E-state index contributed by atoms with van der Waals surface area (Å²) in [4.78, 5) is 15.8. The summed E-state index contributed by atoms with van der Waals surface area (Å²) < 4.78 is 4.84. The second kappa shape index (κ2) is 6.45. The number of aromatic nitrogens is 1. The van der Waals surface area contributed by atoms with Crippen LogP contribution in [0.3, 0.4) is 0 Å². The highest BCUT2D eigenvalue weighted by Gasteiger charge is 2.07. The first kappa shape index (κ1) is 12.9. The van der Waals surface area contributed by atoms with Crippen LogP contribution in [-0.2, 0) is 11.2 Å². The minimum absolute atomic E-state index is 0.156. The summed E-state index contributed by atoms with van der Waals surface area (Å²) in [6.07, 6.45) is 0.749. The average Bonchev–Trinajstić information content (AvgIpc) is 2.28. The lowest BCUT2D eigenvalue weighted by Crippen LogP contribution is -2.27. The van der Waals surface area contributed by atoms with Gasteiger partial charge in [-0.25, -0.2) is 4.98 Å². The summed E-state index contributed by atoms with van der Waals surface area (Å²) in [5, 5.41) is 3.07. The van der Waals surface area contributed by atoms with Crippen LogP contribution < -0.4 is 5.32 Å². The molecule has 0 saturated heterocycles. The number of ether oxygens (including phenoxy) is 1. The van der Waals surface area contributed by atoms with E-state index in [0.29, 0.717) is 23.9 Å². The van der Waals surface area contributed by atoms with Crippen LogP contribution in [0.4, 0.5) is 0 Å². The van der Waals surface area contributed by atoms with Crippen molar-refractivity contribution in [2.24, 2.45) is 0 Å². The van der Waals surface area contributed by atoms with Gasteiger partial charge in [0.1, 0.15) is 5.15 Å². The van der Waals surface area contributed by atoms with E-state index in [9.17, 15) is 4.79 Å². The third-order valence-electron chi connectivity index (χ3n) is 2.06. The summed E-state index contributed by atoms with van der Waals surface area (Å²) >= 11 is 5.82. The Hall–Kier alpha value is -1.13. The first-order valence-corrected chi connectivity index (χ1v) is 5.48. The van der Waals surface area contributed by atoms with Gasteiger partial charge < -0.3 is 10.1 Å². The van der Waals surface area contributed by atoms with E-state index in [1.807, 2.05) is 6.92 Å². The number of carbonyl (C=O) groups is 1. The molecule has 1 aromatic rings. The van der Waals surface area contributed by atoms with Crippen molar-refractivity contribution in [1.82, 2.24) is 10.3 Å². The van der Waals surface area contributed by atoms with Crippen molar-refractivity contribution >= 4 is 17.5 Å². The summed E-state index contributed by atoms with van der Waals surface area (Å²) in [7, 11) is 1.59. The molecule has 0 saturated carbocycles. The standard InChI is InChI=1S/C11H15ClN2O2/c1-3-9-6-8(7-10(12)14-9)11(15)13-4-5-16-2/h6-7H,3-5H2,1-2H3,(H,13,15). The molecule has 0 aliphatic rings. The van der Waals surface area contributed by atoms with Crippen LogP contribution >= 0.6 is 11.6 Å². The quantitative estimate of drug-likeness (QED) is 0.631. The minimum atomic E-state index is -0.156. The Morgan fingerprint density at radius 2 is 2.31 bits per heavy atom. The SMILES string of the molecule is CCc1cc(C(=O)NCCOC)cc(Cl)n1. The van der Waals surface area contributed by atoms with Crippen LogP contribution in [0.15, 0.2) is 12.1 Å². The monoisotopic (exact) mass is 242 g/mol. The second-order valence-electron chi connectivity index (χ2n) is 3.27. The topological polar surface area (TPSA) is 51.2 Å². The zero-order valence-corrected chi connectivity index (χ0v) is 10.2. The lowest BCUT2D eigenvalue weighted by molar-refractivity contribution is 0.0937. The summed E-state index contributed by atoms with van der Waals surface area (Å²) in [6, 6.07) is 3.30. The van der Waals surface area contributed by atoms with Crippen LogP contribution in [-0.4, -0.2) is 31.2 Å². The van der Waals surface area contributed by atoms with E-state index in [0.717, 1.165) is 12.1 Å². The number of halogens is 1. The highest BCUT2D eigenvalue weighted by Crippen LogP contribution is 2.11. The molecule has 0 unspecified atom stereocenters. The van der Waals surface area contributed by atoms with Gasteiger partial charge in [-0.3, -0.25) is 4.79 Å². The number of rotatable bonds is 5. The fraction of sp³-hybridized carbons (Fsp3) is 0.455. The normalized spacial score (nSPS) is 10.2. The van der Waals surface area contributed by atoms with Crippen molar-refractivity contribution in [3.8, 4) is 0 Å². The predicted octanol–water partition coefficient (Wildman–Crippen LogP) is 1.67. The predicted molar refractivity (Wildman–Crippen MR) is 62.8 cm³/mol. The first-order valence-electron chi connectivity index (χ1n) is 5.11. The van der Waals surface area contributed by atoms with Crippen molar-refractivity contribution in [3.63, 3.8) is 0 Å². The largest absolute Gasteiger partial charge is 0.383 e. The first-order chi connectivity index (χ1) is 7.67. The molecule has 0 aliphatic carbocycles. The number of hydrogen-bond donors (Lipinski definition) is 1. The Labute approximate surface area is 100.0 Å². The molecular formula is C11H15ClN2O2. The maximum atomic E-state index is 11.7. The number of amides is 1. The Morgan fingerprint density at radius 1 is 1.56 bits per heavy atom. The molecule has 1 N–H and O–H groups in total. The van der Waals surface area contributed by atoms with Gasteiger partial charge >= 0.3 is 0 Å². The van der Waals surface area contributed by atoms with E-state index in [1.165, 1.54) is 0 Å². The van der Waals surface area contributed by atoms with E-state index >= 15 is 0 Å². The number of nitrogens with one attached hydrogen (secondary N) is 1. The molecule has 0 aromatic carbocycles. The van der Waals surface area contributed by atoms with Crippen LogP contribution in [0.25, 0.3) is 0 Å². The molecular weight excluding hydrogens is 228 g/mol. The number of nitrogens with zero attached hydrogens (tertiary/aromatic N) is 1. The third-order valence-corrected chi connectivity index (χ3v) is 2.26. The fourth-order valence-electron chi connectivity index (χ4n) is 1.23. The van der Waals surface area contributed by atoms with Gasteiger partial charge in [-0.05, 0) is 18.6 Å². The minimum Gasteiger partial charge on any atom is -0.383 e. The van der Waals surface area contributed by atoms with Gasteiger partial charge in [0, 0.05) is 24.9 Å². The number of aryl methyl sites for hydroxylation is 1. The van der Waals surface area contributed by atoms with E-state index in [1.54, 1.807) is 19.2 Å². The van der Waals surface area contributed by atoms with E-state index in [-0.39, 0.29) is 5.91 Å². The van der Waals surface area contributed by atoms with Gasteiger partial charge in [0.25, 0.3) is 5.91 Å². The van der Waals surface area contributed by atoms with Crippen molar-refractivity contribution in [1.29, 1.82) is 0 Å². The Balaban J connectivity index is 2.71. The van der Waals surface area contributed by atoms with Gasteiger partial charge in [0.2, 0.25) is 0 Å². The molecule has 1 amide bonds. The van der Waals surface area contributed by atoms with Gasteiger partial charge in [0.15, 0.2) is 0 Å². The molecule has 1 rings (SSSR count). The second-order valence-corrected chi connectivity index (χ2v) is 3.66. The molecule has 0 bridgehead atoms. The lowest BCUT2D eigenvalue weighted by atomic mass is 10.2. The van der Waals surface area contributed by atoms with Crippen LogP contribution in [0, 0.1) is 0 Å². The highest BCUT2D eigenvalue weighted by molar-refractivity contribution is 6.29. The van der Waals surface area contributed by atoms with Crippen LogP contribution in [0.5, 0.6) is 0 Å². The number of carbonyl (C=O) groups excluding carboxylic acids is 1. The molecule has 1 aromatic heterocycles. The van der Waals surface area contributed by atoms with Gasteiger partial charge in [-0.15, -0.1) is 0 Å². The Bertz CT molecular complexity index is 369. The molecule has 5 heteroatoms. The van der Waals surface area contributed by atoms with Crippen LogP contribution in [0.2, 0.25) is 5.15 Å². The zero-order valence-electron chi connectivity index (χ0n) is 9.42. The molecule has 4 nitrogen and oxygen atoms in total. The molecule has 0 aliphatic heterocycles. The Morgan fingerprint density at radius 3 is 2.94 bits per heavy atom. The van der Waals surface area contributed by atoms with Gasteiger partial charge in [-0.1, -0.05) is 18.5 Å². The highest BCUT2D eigenvalue weighted by atomic mass is 35.5. The van der Waals surface area contributed by atoms with Crippen molar-refractivity contribution in [3.05, 3.63) is 28.5 Å². The molecule has 0 fully saturated rings. The molecule has 0 radical (unpaired) electrons. The molecule has 0 atom stereocenters. The van der Waals surface area contributed by atoms with Gasteiger partial charge in [-0.2, -0.15) is 0 Å². The zero-order chi connectivity index (χ0) is 12.0. The maximum absolute atomic E-state index is 11.7. The van der Waals surface area contributed by atoms with E-state index in [4.69, 9.17) is 16.3 Å². The molecule has 16 heavy (non-hydrogen) atoms. The number of methoxy groups -OCH3 is 1. The number of pyridine rings is 1. The molecule has 88 valence electrons. The number of hydrogen-bond acceptors (Lipinski definition) is 3. The summed E-state index contributed by atoms with van der Waals surface area (Å²) in [5.41, 5.74) is 1.34. The maximum Gasteiger partial charge on any atom is 0.251 e.